The predicted molar refractivity (Wildman–Crippen MR) is 151 cm³/mol. The SMILES string of the molecule is CCCCCCCCN(Cc1cnc2nc(N)nc(N)c2n1)c1ccc(C(=O)N[C@@H](CCC(=O)O)C(=O)O)cc1. The number of nitrogens with one attached hydrogen (secondary N) is 1. The number of benzene rings is 1. The fourth-order valence-corrected chi connectivity index (χ4v) is 4.23. The number of rotatable bonds is 16. The Labute approximate surface area is 232 Å². The van der Waals surface area contributed by atoms with Gasteiger partial charge in [0.25, 0.3) is 5.91 Å². The van der Waals surface area contributed by atoms with Crippen molar-refractivity contribution in [2.24, 2.45) is 0 Å². The summed E-state index contributed by atoms with van der Waals surface area (Å²) in [5.41, 5.74) is 14.1. The van der Waals surface area contributed by atoms with Gasteiger partial charge in [0.1, 0.15) is 6.04 Å². The molecule has 0 saturated heterocycles. The van der Waals surface area contributed by atoms with E-state index in [1.807, 2.05) is 0 Å². The summed E-state index contributed by atoms with van der Waals surface area (Å²) < 4.78 is 0. The molecule has 0 radical (unpaired) electrons. The van der Waals surface area contributed by atoms with Gasteiger partial charge in [0, 0.05) is 24.2 Å². The van der Waals surface area contributed by atoms with Crippen LogP contribution in [0, 0.1) is 0 Å². The molecular weight excluding hydrogens is 516 g/mol. The monoisotopic (exact) mass is 552 g/mol. The van der Waals surface area contributed by atoms with Crippen LogP contribution in [0.3, 0.4) is 0 Å². The summed E-state index contributed by atoms with van der Waals surface area (Å²) in [4.78, 5) is 54.0. The van der Waals surface area contributed by atoms with Gasteiger partial charge in [-0.15, -0.1) is 0 Å². The van der Waals surface area contributed by atoms with Gasteiger partial charge in [-0.2, -0.15) is 9.97 Å². The minimum Gasteiger partial charge on any atom is -0.481 e. The smallest absolute Gasteiger partial charge is 0.326 e. The zero-order valence-electron chi connectivity index (χ0n) is 22.5. The molecule has 214 valence electrons. The number of nitrogens with zero attached hydrogens (tertiary/aromatic N) is 5. The van der Waals surface area contributed by atoms with Crippen LogP contribution >= 0.6 is 0 Å². The molecular formula is C27H36N8O5. The van der Waals surface area contributed by atoms with Crippen molar-refractivity contribution >= 4 is 46.5 Å². The first-order valence-electron chi connectivity index (χ1n) is 13.3. The van der Waals surface area contributed by atoms with Crippen LogP contribution in [-0.4, -0.2) is 60.6 Å². The minimum atomic E-state index is -1.30. The van der Waals surface area contributed by atoms with E-state index in [1.165, 1.54) is 19.3 Å². The third kappa shape index (κ3) is 8.75. The molecule has 2 aromatic heterocycles. The predicted octanol–water partition coefficient (Wildman–Crippen LogP) is 3.00. The number of aliphatic carboxylic acids is 2. The highest BCUT2D eigenvalue weighted by molar-refractivity contribution is 5.97. The van der Waals surface area contributed by atoms with E-state index < -0.39 is 23.9 Å². The molecule has 0 aliphatic heterocycles. The van der Waals surface area contributed by atoms with Crippen molar-refractivity contribution in [3.63, 3.8) is 0 Å². The number of hydrogen-bond acceptors (Lipinski definition) is 10. The van der Waals surface area contributed by atoms with Crippen LogP contribution in [0.15, 0.2) is 30.5 Å². The van der Waals surface area contributed by atoms with Gasteiger partial charge in [-0.05, 0) is 37.1 Å². The van der Waals surface area contributed by atoms with E-state index in [-0.39, 0.29) is 30.2 Å². The molecule has 2 heterocycles. The van der Waals surface area contributed by atoms with E-state index in [4.69, 9.17) is 16.6 Å². The Kier molecular flexibility index (Phi) is 10.9. The largest absolute Gasteiger partial charge is 0.481 e. The lowest BCUT2D eigenvalue weighted by Crippen LogP contribution is -2.41. The molecule has 13 nitrogen and oxygen atoms in total. The number of carbonyl (C=O) groups is 3. The van der Waals surface area contributed by atoms with E-state index in [2.05, 4.69) is 37.1 Å². The Morgan fingerprint density at radius 3 is 2.35 bits per heavy atom. The number of fused-ring (bicyclic) bond motifs is 1. The summed E-state index contributed by atoms with van der Waals surface area (Å²) in [6, 6.07) is 5.48. The number of nitrogens with two attached hydrogens (primary N) is 2. The van der Waals surface area contributed by atoms with Gasteiger partial charge in [0.05, 0.1) is 18.4 Å². The highest BCUT2D eigenvalue weighted by Crippen LogP contribution is 2.21. The van der Waals surface area contributed by atoms with Crippen LogP contribution in [0.2, 0.25) is 0 Å². The topological polar surface area (TPSA) is 211 Å². The Hall–Kier alpha value is -4.55. The van der Waals surface area contributed by atoms with Crippen molar-refractivity contribution in [3.05, 3.63) is 41.7 Å². The number of unbranched alkanes of at least 4 members (excludes halogenated alkanes) is 5. The number of carbonyl (C=O) groups excluding carboxylic acids is 1. The van der Waals surface area contributed by atoms with Gasteiger partial charge in [0.2, 0.25) is 5.95 Å². The zero-order chi connectivity index (χ0) is 29.1. The lowest BCUT2D eigenvalue weighted by atomic mass is 10.1. The van der Waals surface area contributed by atoms with Gasteiger partial charge in [-0.25, -0.2) is 14.8 Å². The molecule has 0 unspecified atom stereocenters. The highest BCUT2D eigenvalue weighted by atomic mass is 16.4. The van der Waals surface area contributed by atoms with Crippen LogP contribution in [0.4, 0.5) is 17.5 Å². The molecule has 7 N–H and O–H groups in total. The molecule has 3 aromatic rings. The fourth-order valence-electron chi connectivity index (χ4n) is 4.23. The van der Waals surface area contributed by atoms with Crippen molar-refractivity contribution in [2.45, 2.75) is 70.9 Å². The Balaban J connectivity index is 1.76. The van der Waals surface area contributed by atoms with Crippen molar-refractivity contribution < 1.29 is 24.6 Å². The van der Waals surface area contributed by atoms with E-state index in [0.717, 1.165) is 31.5 Å². The summed E-state index contributed by atoms with van der Waals surface area (Å²) in [5, 5.41) is 20.6. The number of carboxylic acid groups (broad SMARTS) is 2. The highest BCUT2D eigenvalue weighted by Gasteiger charge is 2.22. The molecule has 0 aliphatic carbocycles. The first-order chi connectivity index (χ1) is 19.2. The van der Waals surface area contributed by atoms with Crippen LogP contribution in [0.25, 0.3) is 11.2 Å². The van der Waals surface area contributed by atoms with E-state index in [0.29, 0.717) is 23.4 Å². The van der Waals surface area contributed by atoms with Crippen LogP contribution in [-0.2, 0) is 16.1 Å². The third-order valence-corrected chi connectivity index (χ3v) is 6.38. The number of carboxylic acids is 2. The quantitative estimate of drug-likeness (QED) is 0.162. The molecule has 0 saturated carbocycles. The maximum atomic E-state index is 12.7. The standard InChI is InChI=1S/C27H36N8O5/c1-2-3-4-5-6-7-14-35(16-18-15-30-24-22(31-18)23(28)33-27(29)34-24)19-10-8-17(9-11-19)25(38)32-20(26(39)40)12-13-21(36)37/h8-11,15,20H,2-7,12-14,16H2,1H3,(H,32,38)(H,36,37)(H,39,40)(H4,28,29,30,33,34)/t20-/m0/s1. The van der Waals surface area contributed by atoms with Crippen molar-refractivity contribution in [2.75, 3.05) is 22.9 Å². The van der Waals surface area contributed by atoms with Gasteiger partial charge in [-0.1, -0.05) is 39.0 Å². The maximum Gasteiger partial charge on any atom is 0.326 e. The Morgan fingerprint density at radius 2 is 1.68 bits per heavy atom. The number of nitrogen functional groups attached to an aromatic ring is 2. The minimum absolute atomic E-state index is 0.0254. The second-order valence-electron chi connectivity index (χ2n) is 9.53. The number of anilines is 3. The summed E-state index contributed by atoms with van der Waals surface area (Å²) in [5.74, 6) is -2.84. The number of amides is 1. The molecule has 0 bridgehead atoms. The summed E-state index contributed by atoms with van der Waals surface area (Å²) >= 11 is 0. The molecule has 1 amide bonds. The molecule has 40 heavy (non-hydrogen) atoms. The van der Waals surface area contributed by atoms with Crippen LogP contribution in [0.1, 0.15) is 74.3 Å². The average Bonchev–Trinajstić information content (AvgIpc) is 2.92. The Morgan fingerprint density at radius 1 is 0.975 bits per heavy atom. The van der Waals surface area contributed by atoms with Gasteiger partial charge in [0.15, 0.2) is 17.0 Å². The van der Waals surface area contributed by atoms with Crippen LogP contribution < -0.4 is 21.7 Å². The normalized spacial score (nSPS) is 11.7. The van der Waals surface area contributed by atoms with Crippen molar-refractivity contribution in [3.8, 4) is 0 Å². The first-order valence-corrected chi connectivity index (χ1v) is 13.3. The van der Waals surface area contributed by atoms with Gasteiger partial charge < -0.3 is 31.9 Å². The van der Waals surface area contributed by atoms with Crippen molar-refractivity contribution in [1.29, 1.82) is 0 Å². The Bertz CT molecular complexity index is 1320. The lowest BCUT2D eigenvalue weighted by Gasteiger charge is -2.25. The van der Waals surface area contributed by atoms with Gasteiger partial charge in [-0.3, -0.25) is 9.59 Å². The molecule has 1 atom stereocenters. The third-order valence-electron chi connectivity index (χ3n) is 6.38. The number of aromatic nitrogens is 4. The van der Waals surface area contributed by atoms with E-state index >= 15 is 0 Å². The van der Waals surface area contributed by atoms with E-state index in [1.54, 1.807) is 30.5 Å². The van der Waals surface area contributed by atoms with Crippen LogP contribution in [0.5, 0.6) is 0 Å². The fraction of sp³-hybridized carbons (Fsp3) is 0.444. The second-order valence-corrected chi connectivity index (χ2v) is 9.53. The molecule has 1 aromatic carbocycles. The van der Waals surface area contributed by atoms with Crippen molar-refractivity contribution in [1.82, 2.24) is 25.3 Å². The second kappa shape index (κ2) is 14.6. The maximum absolute atomic E-state index is 12.7. The first kappa shape index (κ1) is 30.0. The summed E-state index contributed by atoms with van der Waals surface area (Å²) in [6.45, 7) is 3.34. The molecule has 13 heteroatoms. The van der Waals surface area contributed by atoms with Gasteiger partial charge >= 0.3 is 11.9 Å². The molecule has 0 aliphatic rings. The molecule has 3 rings (SSSR count). The molecule has 0 spiro atoms. The van der Waals surface area contributed by atoms with E-state index in [9.17, 15) is 19.5 Å². The zero-order valence-corrected chi connectivity index (χ0v) is 22.5. The average molecular weight is 553 g/mol. The molecule has 0 fully saturated rings. The lowest BCUT2D eigenvalue weighted by molar-refractivity contribution is -0.140. The summed E-state index contributed by atoms with van der Waals surface area (Å²) in [7, 11) is 0. The summed E-state index contributed by atoms with van der Waals surface area (Å²) in [6.07, 6.45) is 7.81. The number of hydrogen-bond donors (Lipinski definition) is 5.